The second kappa shape index (κ2) is 8.09. The topological polar surface area (TPSA) is 108 Å². The number of H-pyrrole nitrogens is 1. The monoisotopic (exact) mass is 471 g/mol. The van der Waals surface area contributed by atoms with Gasteiger partial charge in [-0.15, -0.1) is 5.10 Å². The number of sulfonamides is 1. The van der Waals surface area contributed by atoms with Gasteiger partial charge < -0.3 is 0 Å². The van der Waals surface area contributed by atoms with Crippen molar-refractivity contribution in [2.24, 2.45) is 5.92 Å². The van der Waals surface area contributed by atoms with Gasteiger partial charge in [0, 0.05) is 19.0 Å². The number of aromatic amines is 1. The molecule has 1 aromatic heterocycles. The van der Waals surface area contributed by atoms with Gasteiger partial charge in [-0.3, -0.25) is 15.2 Å². The summed E-state index contributed by atoms with van der Waals surface area (Å²) in [6, 6.07) is 4.34. The number of piperidine rings is 1. The maximum Gasteiger partial charge on any atom is 0.451 e. The van der Waals surface area contributed by atoms with Crippen molar-refractivity contribution in [3.8, 4) is 0 Å². The number of carbonyl (C=O) groups is 1. The highest BCUT2D eigenvalue weighted by Crippen LogP contribution is 2.33. The molecule has 0 aliphatic carbocycles. The summed E-state index contributed by atoms with van der Waals surface area (Å²) in [6.07, 6.45) is -4.40. The number of halogens is 5. The Morgan fingerprint density at radius 1 is 1.21 bits per heavy atom. The maximum atomic E-state index is 12.8. The molecule has 1 aromatic carbocycles. The predicted octanol–water partition coefficient (Wildman–Crippen LogP) is 3.17. The first kappa shape index (κ1) is 21.8. The Morgan fingerprint density at radius 2 is 1.79 bits per heavy atom. The van der Waals surface area contributed by atoms with E-state index >= 15 is 0 Å². The Kier molecular flexibility index (Phi) is 6.08. The number of hydrogen-bond acceptors (Lipinski definition) is 5. The molecule has 8 nitrogen and oxygen atoms in total. The predicted molar refractivity (Wildman–Crippen MR) is 98.0 cm³/mol. The first-order valence-corrected chi connectivity index (χ1v) is 10.4. The SMILES string of the molecule is O=C(Nc1n[nH]c(C(F)(F)F)n1)C1CCN(S(=O)(=O)c2c(Cl)cccc2Cl)CC1. The zero-order valence-electron chi connectivity index (χ0n) is 14.5. The number of rotatable bonds is 4. The molecule has 2 aromatic rings. The summed E-state index contributed by atoms with van der Waals surface area (Å²) in [5.74, 6) is -3.04. The Morgan fingerprint density at radius 3 is 2.31 bits per heavy atom. The van der Waals surface area contributed by atoms with Crippen LogP contribution in [0.5, 0.6) is 0 Å². The van der Waals surface area contributed by atoms with Crippen LogP contribution in [0.3, 0.4) is 0 Å². The molecule has 1 saturated heterocycles. The molecule has 0 unspecified atom stereocenters. The molecule has 29 heavy (non-hydrogen) atoms. The van der Waals surface area contributed by atoms with E-state index in [0.717, 1.165) is 0 Å². The summed E-state index contributed by atoms with van der Waals surface area (Å²) >= 11 is 12.0. The van der Waals surface area contributed by atoms with Crippen molar-refractivity contribution >= 4 is 45.1 Å². The number of aromatic nitrogens is 3. The molecule has 1 fully saturated rings. The number of amides is 1. The molecule has 0 saturated carbocycles. The highest BCUT2D eigenvalue weighted by Gasteiger charge is 2.37. The molecule has 3 rings (SSSR count). The number of anilines is 1. The smallest absolute Gasteiger partial charge is 0.293 e. The highest BCUT2D eigenvalue weighted by molar-refractivity contribution is 7.89. The third kappa shape index (κ3) is 4.65. The van der Waals surface area contributed by atoms with Gasteiger partial charge in [0.25, 0.3) is 0 Å². The van der Waals surface area contributed by atoms with Gasteiger partial charge in [0.05, 0.1) is 10.0 Å². The average molecular weight is 472 g/mol. The average Bonchev–Trinajstić information content (AvgIpc) is 3.10. The molecule has 0 radical (unpaired) electrons. The van der Waals surface area contributed by atoms with E-state index in [9.17, 15) is 26.4 Å². The van der Waals surface area contributed by atoms with Gasteiger partial charge in [-0.25, -0.2) is 8.42 Å². The fourth-order valence-corrected chi connectivity index (χ4v) is 5.43. The zero-order chi connectivity index (χ0) is 21.4. The summed E-state index contributed by atoms with van der Waals surface area (Å²) in [4.78, 5) is 15.2. The quantitative estimate of drug-likeness (QED) is 0.711. The number of benzene rings is 1. The van der Waals surface area contributed by atoms with Gasteiger partial charge in [0.2, 0.25) is 27.7 Å². The minimum Gasteiger partial charge on any atom is -0.293 e. The van der Waals surface area contributed by atoms with E-state index in [4.69, 9.17) is 23.2 Å². The molecule has 0 atom stereocenters. The molecule has 158 valence electrons. The first-order chi connectivity index (χ1) is 13.5. The van der Waals surface area contributed by atoms with Crippen LogP contribution in [-0.4, -0.2) is 46.9 Å². The fourth-order valence-electron chi connectivity index (χ4n) is 2.87. The fraction of sp³-hybridized carbons (Fsp3) is 0.400. The normalized spacial score (nSPS) is 16.7. The van der Waals surface area contributed by atoms with Crippen molar-refractivity contribution in [1.82, 2.24) is 19.5 Å². The van der Waals surface area contributed by atoms with E-state index in [1.54, 1.807) is 5.10 Å². The van der Waals surface area contributed by atoms with Gasteiger partial charge >= 0.3 is 6.18 Å². The van der Waals surface area contributed by atoms with E-state index < -0.39 is 39.8 Å². The number of hydrogen-bond donors (Lipinski definition) is 2. The Labute approximate surface area is 173 Å². The van der Waals surface area contributed by atoms with Crippen molar-refractivity contribution in [3.63, 3.8) is 0 Å². The van der Waals surface area contributed by atoms with Crippen molar-refractivity contribution < 1.29 is 26.4 Å². The molecule has 1 aliphatic heterocycles. The molecule has 1 amide bonds. The van der Waals surface area contributed by atoms with Gasteiger partial charge in [-0.2, -0.15) is 22.5 Å². The Bertz CT molecular complexity index is 1000. The number of alkyl halides is 3. The van der Waals surface area contributed by atoms with Crippen LogP contribution in [0.15, 0.2) is 23.1 Å². The van der Waals surface area contributed by atoms with E-state index in [1.165, 1.54) is 22.5 Å². The van der Waals surface area contributed by atoms with Crippen LogP contribution in [0.25, 0.3) is 0 Å². The van der Waals surface area contributed by atoms with E-state index in [1.807, 2.05) is 0 Å². The highest BCUT2D eigenvalue weighted by atomic mass is 35.5. The van der Waals surface area contributed by atoms with Crippen molar-refractivity contribution in [3.05, 3.63) is 34.1 Å². The van der Waals surface area contributed by atoms with Gasteiger partial charge in [-0.05, 0) is 25.0 Å². The van der Waals surface area contributed by atoms with E-state index in [2.05, 4.69) is 15.4 Å². The van der Waals surface area contributed by atoms with Gasteiger partial charge in [-0.1, -0.05) is 29.3 Å². The molecule has 0 bridgehead atoms. The second-order valence-electron chi connectivity index (χ2n) is 6.22. The van der Waals surface area contributed by atoms with Crippen LogP contribution in [-0.2, 0) is 21.0 Å². The summed E-state index contributed by atoms with van der Waals surface area (Å²) in [5, 5.41) is 7.19. The summed E-state index contributed by atoms with van der Waals surface area (Å²) in [5.41, 5.74) is 0. The number of nitrogens with one attached hydrogen (secondary N) is 2. The molecule has 0 spiro atoms. The first-order valence-electron chi connectivity index (χ1n) is 8.25. The molecule has 2 N–H and O–H groups in total. The lowest BCUT2D eigenvalue weighted by Crippen LogP contribution is -2.41. The minimum atomic E-state index is -4.71. The lowest BCUT2D eigenvalue weighted by molar-refractivity contribution is -0.144. The van der Waals surface area contributed by atoms with Crippen LogP contribution in [0.4, 0.5) is 19.1 Å². The van der Waals surface area contributed by atoms with Crippen molar-refractivity contribution in [2.45, 2.75) is 23.9 Å². The molecule has 2 heterocycles. The third-order valence-corrected chi connectivity index (χ3v) is 7.19. The maximum absolute atomic E-state index is 12.8. The van der Waals surface area contributed by atoms with Crippen molar-refractivity contribution in [2.75, 3.05) is 18.4 Å². The summed E-state index contributed by atoms with van der Waals surface area (Å²) in [6.45, 7) is 0.0353. The number of carbonyl (C=O) groups excluding carboxylic acids is 1. The van der Waals surface area contributed by atoms with Crippen LogP contribution in [0.2, 0.25) is 10.0 Å². The molecular weight excluding hydrogens is 458 g/mol. The summed E-state index contributed by atoms with van der Waals surface area (Å²) < 4.78 is 64.4. The molecular formula is C15H14Cl2F3N5O3S. The second-order valence-corrected chi connectivity index (χ2v) is 8.91. The summed E-state index contributed by atoms with van der Waals surface area (Å²) in [7, 11) is -3.96. The van der Waals surface area contributed by atoms with Crippen LogP contribution in [0.1, 0.15) is 18.7 Å². The zero-order valence-corrected chi connectivity index (χ0v) is 16.8. The Balaban J connectivity index is 1.64. The Hall–Kier alpha value is -1.89. The lowest BCUT2D eigenvalue weighted by Gasteiger charge is -2.30. The van der Waals surface area contributed by atoms with Gasteiger partial charge in [0.1, 0.15) is 4.90 Å². The number of nitrogens with zero attached hydrogens (tertiary/aromatic N) is 3. The molecule has 14 heteroatoms. The van der Waals surface area contributed by atoms with Crippen LogP contribution in [0, 0.1) is 5.92 Å². The lowest BCUT2D eigenvalue weighted by atomic mass is 9.97. The van der Waals surface area contributed by atoms with Crippen LogP contribution < -0.4 is 5.32 Å². The minimum absolute atomic E-state index is 0.0116. The van der Waals surface area contributed by atoms with Gasteiger partial charge in [0.15, 0.2) is 0 Å². The standard InChI is InChI=1S/C15H14Cl2F3N5O3S/c16-9-2-1-3-10(17)11(9)29(27,28)25-6-4-8(5-7-25)12(26)21-14-22-13(23-24-14)15(18,19)20/h1-3,8H,4-7H2,(H2,21,22,23,24,26). The molecule has 1 aliphatic rings. The van der Waals surface area contributed by atoms with E-state index in [-0.39, 0.29) is 40.9 Å². The van der Waals surface area contributed by atoms with Crippen LogP contribution >= 0.6 is 23.2 Å². The largest absolute Gasteiger partial charge is 0.451 e. The van der Waals surface area contributed by atoms with E-state index in [0.29, 0.717) is 0 Å². The third-order valence-electron chi connectivity index (χ3n) is 4.33. The van der Waals surface area contributed by atoms with Crippen molar-refractivity contribution in [1.29, 1.82) is 0 Å².